The van der Waals surface area contributed by atoms with Gasteiger partial charge in [-0.25, -0.2) is 15.0 Å². The molecule has 1 amide bonds. The number of aromatic amines is 1. The molecule has 0 spiro atoms. The second-order valence-corrected chi connectivity index (χ2v) is 5.91. The molecule has 3 N–H and O–H groups in total. The predicted octanol–water partition coefficient (Wildman–Crippen LogP) is 2.06. The third-order valence-electron chi connectivity index (χ3n) is 3.39. The van der Waals surface area contributed by atoms with E-state index in [-0.39, 0.29) is 12.1 Å². The molecule has 122 valence electrons. The van der Waals surface area contributed by atoms with Crippen LogP contribution in [-0.4, -0.2) is 36.9 Å². The van der Waals surface area contributed by atoms with Crippen LogP contribution in [0, 0.1) is 0 Å². The first-order valence-corrected chi connectivity index (χ1v) is 7.76. The van der Waals surface area contributed by atoms with E-state index in [9.17, 15) is 9.59 Å². The molecule has 0 radical (unpaired) electrons. The van der Waals surface area contributed by atoms with Crippen molar-refractivity contribution in [1.29, 1.82) is 0 Å². The van der Waals surface area contributed by atoms with E-state index >= 15 is 0 Å². The van der Waals surface area contributed by atoms with E-state index in [1.165, 1.54) is 12.7 Å². The van der Waals surface area contributed by atoms with Crippen LogP contribution in [0.25, 0.3) is 11.2 Å². The van der Waals surface area contributed by atoms with Gasteiger partial charge in [0, 0.05) is 4.47 Å². The molecule has 1 atom stereocenters. The van der Waals surface area contributed by atoms with Crippen molar-refractivity contribution >= 4 is 39.0 Å². The molecule has 0 aliphatic rings. The van der Waals surface area contributed by atoms with E-state index in [2.05, 4.69) is 41.2 Å². The summed E-state index contributed by atoms with van der Waals surface area (Å²) in [7, 11) is 0. The minimum Gasteiger partial charge on any atom is -0.481 e. The molecule has 3 rings (SSSR count). The monoisotopic (exact) mass is 389 g/mol. The normalized spacial score (nSPS) is 12.0. The Morgan fingerprint density at radius 3 is 2.67 bits per heavy atom. The first-order valence-electron chi connectivity index (χ1n) is 6.97. The second-order valence-electron chi connectivity index (χ2n) is 5.00. The number of halogens is 1. The van der Waals surface area contributed by atoms with Gasteiger partial charge in [0.2, 0.25) is 0 Å². The third kappa shape index (κ3) is 3.40. The third-order valence-corrected chi connectivity index (χ3v) is 3.92. The Labute approximate surface area is 144 Å². The number of amides is 1. The number of carboxylic acids is 1. The Morgan fingerprint density at radius 1 is 1.21 bits per heavy atom. The predicted molar refractivity (Wildman–Crippen MR) is 88.3 cm³/mol. The molecule has 8 nitrogen and oxygen atoms in total. The largest absolute Gasteiger partial charge is 0.481 e. The van der Waals surface area contributed by atoms with Gasteiger partial charge in [-0.3, -0.25) is 9.59 Å². The molecule has 0 unspecified atom stereocenters. The zero-order chi connectivity index (χ0) is 17.1. The fraction of sp³-hybridized carbons (Fsp3) is 0.133. The number of rotatable bonds is 5. The summed E-state index contributed by atoms with van der Waals surface area (Å²) < 4.78 is 0.863. The van der Waals surface area contributed by atoms with Gasteiger partial charge in [-0.15, -0.1) is 0 Å². The van der Waals surface area contributed by atoms with Crippen LogP contribution in [0.1, 0.15) is 28.5 Å². The number of H-pyrrole nitrogens is 1. The Hall–Kier alpha value is -2.81. The lowest BCUT2D eigenvalue weighted by Gasteiger charge is -2.17. The summed E-state index contributed by atoms with van der Waals surface area (Å²) in [5, 5.41) is 11.8. The first-order chi connectivity index (χ1) is 11.5. The van der Waals surface area contributed by atoms with Gasteiger partial charge < -0.3 is 15.4 Å². The highest BCUT2D eigenvalue weighted by atomic mass is 79.9. The van der Waals surface area contributed by atoms with Gasteiger partial charge in [-0.1, -0.05) is 28.1 Å². The van der Waals surface area contributed by atoms with Gasteiger partial charge in [0.05, 0.1) is 18.8 Å². The standard InChI is InChI=1S/C15H12BrN5O3/c16-9-3-1-8(2-4-9)10(5-11(22)23)21-15(24)13-12-14(19-6-17-12)20-7-18-13/h1-4,6-7,10H,5H2,(H,21,24)(H,22,23)(H,17,18,19,20)/t10-/m0/s1. The minimum absolute atomic E-state index is 0.116. The fourth-order valence-corrected chi connectivity index (χ4v) is 2.55. The molecule has 0 fully saturated rings. The average molecular weight is 390 g/mol. The van der Waals surface area contributed by atoms with Crippen molar-refractivity contribution in [3.05, 3.63) is 52.7 Å². The van der Waals surface area contributed by atoms with E-state index in [1.54, 1.807) is 24.3 Å². The maximum atomic E-state index is 12.5. The van der Waals surface area contributed by atoms with E-state index < -0.39 is 17.9 Å². The molecule has 0 saturated heterocycles. The molecule has 0 aliphatic heterocycles. The fourth-order valence-electron chi connectivity index (χ4n) is 2.29. The van der Waals surface area contributed by atoms with Crippen LogP contribution in [0.3, 0.4) is 0 Å². The molecule has 0 bridgehead atoms. The summed E-state index contributed by atoms with van der Waals surface area (Å²) in [4.78, 5) is 38.4. The molecule has 1 aromatic carbocycles. The molecule has 9 heteroatoms. The molecule has 2 aromatic heterocycles. The maximum Gasteiger partial charge on any atom is 0.305 e. The topological polar surface area (TPSA) is 121 Å². The van der Waals surface area contributed by atoms with Crippen molar-refractivity contribution in [2.45, 2.75) is 12.5 Å². The van der Waals surface area contributed by atoms with Gasteiger partial charge >= 0.3 is 5.97 Å². The molecule has 24 heavy (non-hydrogen) atoms. The van der Waals surface area contributed by atoms with Crippen LogP contribution in [0.2, 0.25) is 0 Å². The number of aromatic nitrogens is 4. The van der Waals surface area contributed by atoms with Crippen LogP contribution < -0.4 is 5.32 Å². The molecule has 0 aliphatic carbocycles. The number of carbonyl (C=O) groups is 2. The summed E-state index contributed by atoms with van der Waals surface area (Å²) >= 11 is 3.32. The molecule has 3 aromatic rings. The summed E-state index contributed by atoms with van der Waals surface area (Å²) in [6.45, 7) is 0. The molecule has 0 saturated carbocycles. The summed E-state index contributed by atoms with van der Waals surface area (Å²) in [5.74, 6) is -1.52. The number of benzene rings is 1. The Balaban J connectivity index is 1.89. The highest BCUT2D eigenvalue weighted by molar-refractivity contribution is 9.10. The first kappa shape index (κ1) is 16.1. The van der Waals surface area contributed by atoms with Gasteiger partial charge in [0.1, 0.15) is 11.8 Å². The smallest absolute Gasteiger partial charge is 0.305 e. The number of nitrogens with one attached hydrogen (secondary N) is 2. The van der Waals surface area contributed by atoms with E-state index in [0.717, 1.165) is 4.47 Å². The number of nitrogens with zero attached hydrogens (tertiary/aromatic N) is 3. The highest BCUT2D eigenvalue weighted by Crippen LogP contribution is 2.21. The van der Waals surface area contributed by atoms with Gasteiger partial charge in [0.25, 0.3) is 5.91 Å². The number of hydrogen-bond donors (Lipinski definition) is 3. The molecular weight excluding hydrogens is 378 g/mol. The van der Waals surface area contributed by atoms with Crippen LogP contribution in [0.4, 0.5) is 0 Å². The number of fused-ring (bicyclic) bond motifs is 1. The Morgan fingerprint density at radius 2 is 1.96 bits per heavy atom. The second kappa shape index (κ2) is 6.75. The number of imidazole rings is 1. The van der Waals surface area contributed by atoms with Crippen molar-refractivity contribution < 1.29 is 14.7 Å². The zero-order valence-electron chi connectivity index (χ0n) is 12.2. The zero-order valence-corrected chi connectivity index (χ0v) is 13.8. The van der Waals surface area contributed by atoms with Crippen LogP contribution in [-0.2, 0) is 4.79 Å². The van der Waals surface area contributed by atoms with Crippen molar-refractivity contribution in [3.63, 3.8) is 0 Å². The molecular formula is C15H12BrN5O3. The number of aliphatic carboxylic acids is 1. The number of carboxylic acid groups (broad SMARTS) is 1. The van der Waals surface area contributed by atoms with Crippen LogP contribution in [0.5, 0.6) is 0 Å². The SMILES string of the molecule is O=C(O)C[C@H](NC(=O)c1ncnc2nc[nH]c12)c1ccc(Br)cc1. The van der Waals surface area contributed by atoms with Crippen LogP contribution >= 0.6 is 15.9 Å². The van der Waals surface area contributed by atoms with Crippen molar-refractivity contribution in [1.82, 2.24) is 25.3 Å². The quantitative estimate of drug-likeness (QED) is 0.613. The summed E-state index contributed by atoms with van der Waals surface area (Å²) in [5.41, 5.74) is 1.57. The van der Waals surface area contributed by atoms with Crippen molar-refractivity contribution in [2.75, 3.05) is 0 Å². The van der Waals surface area contributed by atoms with Gasteiger partial charge in [-0.05, 0) is 17.7 Å². The highest BCUT2D eigenvalue weighted by Gasteiger charge is 2.21. The Bertz CT molecular complexity index is 894. The molecule has 2 heterocycles. The Kier molecular flexibility index (Phi) is 4.52. The van der Waals surface area contributed by atoms with E-state index in [0.29, 0.717) is 16.7 Å². The van der Waals surface area contributed by atoms with E-state index in [1.807, 2.05) is 0 Å². The minimum atomic E-state index is -1.02. The lowest BCUT2D eigenvalue weighted by atomic mass is 10.0. The van der Waals surface area contributed by atoms with Crippen molar-refractivity contribution in [2.24, 2.45) is 0 Å². The summed E-state index contributed by atoms with van der Waals surface area (Å²) in [6.07, 6.45) is 2.41. The average Bonchev–Trinajstić information content (AvgIpc) is 3.03. The van der Waals surface area contributed by atoms with Gasteiger partial charge in [-0.2, -0.15) is 0 Å². The number of carbonyl (C=O) groups excluding carboxylic acids is 1. The lowest BCUT2D eigenvalue weighted by Crippen LogP contribution is -2.31. The summed E-state index contributed by atoms with van der Waals surface area (Å²) in [6, 6.07) is 6.39. The van der Waals surface area contributed by atoms with E-state index in [4.69, 9.17) is 5.11 Å². The lowest BCUT2D eigenvalue weighted by molar-refractivity contribution is -0.137. The maximum absolute atomic E-state index is 12.5. The van der Waals surface area contributed by atoms with Crippen molar-refractivity contribution in [3.8, 4) is 0 Å². The van der Waals surface area contributed by atoms with Gasteiger partial charge in [0.15, 0.2) is 11.3 Å². The van der Waals surface area contributed by atoms with Crippen LogP contribution in [0.15, 0.2) is 41.4 Å². The number of hydrogen-bond acceptors (Lipinski definition) is 5.